The summed E-state index contributed by atoms with van der Waals surface area (Å²) in [5.41, 5.74) is 0.834. The summed E-state index contributed by atoms with van der Waals surface area (Å²) in [6.45, 7) is 5.82. The van der Waals surface area contributed by atoms with Crippen LogP contribution in [0.3, 0.4) is 0 Å². The molecule has 1 N–H and O–H groups in total. The van der Waals surface area contributed by atoms with E-state index in [0.29, 0.717) is 12.1 Å². The number of carbonyl (C=O) groups excluding carboxylic acids is 4. The van der Waals surface area contributed by atoms with Gasteiger partial charge in [0.15, 0.2) is 11.6 Å². The first kappa shape index (κ1) is 17.9. The van der Waals surface area contributed by atoms with E-state index in [0.717, 1.165) is 11.3 Å². The van der Waals surface area contributed by atoms with E-state index in [2.05, 4.69) is 10.2 Å². The highest BCUT2D eigenvalue weighted by atomic mass is 16.5. The SMILES string of the molecule is CC(=O)c1ccc2c(c1)C[C@@]1(C(=O)CC(=O)NC1=O)[C@H]1[C@H](C)O[C@H](C)CN21. The summed E-state index contributed by atoms with van der Waals surface area (Å²) in [6, 6.07) is 4.92. The molecule has 3 heterocycles. The molecule has 4 rings (SSSR count). The van der Waals surface area contributed by atoms with Crippen LogP contribution >= 0.6 is 0 Å². The lowest BCUT2D eigenvalue weighted by atomic mass is 9.63. The lowest BCUT2D eigenvalue weighted by Crippen LogP contribution is -2.72. The Hall–Kier alpha value is -2.54. The summed E-state index contributed by atoms with van der Waals surface area (Å²) in [7, 11) is 0. The number of morpholine rings is 1. The highest BCUT2D eigenvalue weighted by Crippen LogP contribution is 2.47. The summed E-state index contributed by atoms with van der Waals surface area (Å²) in [6.07, 6.45) is -0.600. The van der Waals surface area contributed by atoms with Crippen molar-refractivity contribution >= 4 is 29.1 Å². The molecule has 1 aromatic carbocycles. The number of ketones is 2. The summed E-state index contributed by atoms with van der Waals surface area (Å²) >= 11 is 0. The first-order chi connectivity index (χ1) is 12.7. The number of hydrogen-bond donors (Lipinski definition) is 1. The zero-order valence-corrected chi connectivity index (χ0v) is 15.6. The predicted octanol–water partition coefficient (Wildman–Crippen LogP) is 1.03. The Balaban J connectivity index is 1.92. The van der Waals surface area contributed by atoms with Gasteiger partial charge >= 0.3 is 0 Å². The molecule has 27 heavy (non-hydrogen) atoms. The minimum Gasteiger partial charge on any atom is -0.372 e. The monoisotopic (exact) mass is 370 g/mol. The number of imide groups is 1. The second-order valence-electron chi connectivity index (χ2n) is 7.77. The molecule has 0 aliphatic carbocycles. The number of nitrogens with zero attached hydrogens (tertiary/aromatic N) is 1. The van der Waals surface area contributed by atoms with E-state index in [-0.39, 0.29) is 36.6 Å². The van der Waals surface area contributed by atoms with E-state index in [1.165, 1.54) is 6.92 Å². The molecule has 142 valence electrons. The van der Waals surface area contributed by atoms with E-state index in [1.807, 2.05) is 19.9 Å². The molecule has 1 aromatic rings. The Morgan fingerprint density at radius 3 is 2.67 bits per heavy atom. The van der Waals surface area contributed by atoms with Crippen LogP contribution in [0.4, 0.5) is 5.69 Å². The van der Waals surface area contributed by atoms with E-state index in [9.17, 15) is 19.2 Å². The van der Waals surface area contributed by atoms with Crippen LogP contribution < -0.4 is 10.2 Å². The van der Waals surface area contributed by atoms with E-state index in [1.54, 1.807) is 12.1 Å². The van der Waals surface area contributed by atoms with E-state index < -0.39 is 23.3 Å². The lowest BCUT2D eigenvalue weighted by molar-refractivity contribution is -0.158. The molecule has 0 unspecified atom stereocenters. The van der Waals surface area contributed by atoms with Crippen LogP contribution in [0.25, 0.3) is 0 Å². The second-order valence-corrected chi connectivity index (χ2v) is 7.77. The average molecular weight is 370 g/mol. The van der Waals surface area contributed by atoms with Crippen LogP contribution in [0, 0.1) is 5.41 Å². The maximum absolute atomic E-state index is 13.1. The quantitative estimate of drug-likeness (QED) is 0.451. The number of Topliss-reactive ketones (excluding diaryl/α,β-unsaturated/α-hetero) is 2. The van der Waals surface area contributed by atoms with Gasteiger partial charge in [0.2, 0.25) is 11.8 Å². The highest BCUT2D eigenvalue weighted by molar-refractivity contribution is 6.22. The van der Waals surface area contributed by atoms with E-state index >= 15 is 0 Å². The number of amides is 2. The molecule has 3 aliphatic heterocycles. The molecule has 2 amide bonds. The van der Waals surface area contributed by atoms with Crippen LogP contribution in [-0.4, -0.2) is 48.2 Å². The summed E-state index contributed by atoms with van der Waals surface area (Å²) < 4.78 is 5.97. The average Bonchev–Trinajstić information content (AvgIpc) is 2.58. The van der Waals surface area contributed by atoms with Gasteiger partial charge < -0.3 is 9.64 Å². The molecule has 7 heteroatoms. The number of carbonyl (C=O) groups is 4. The third kappa shape index (κ3) is 2.52. The fourth-order valence-electron chi connectivity index (χ4n) is 4.86. The van der Waals surface area contributed by atoms with Gasteiger partial charge in [-0.25, -0.2) is 0 Å². The summed E-state index contributed by atoms with van der Waals surface area (Å²) in [5, 5.41) is 2.36. The zero-order valence-electron chi connectivity index (χ0n) is 15.6. The minimum absolute atomic E-state index is 0.0740. The predicted molar refractivity (Wildman–Crippen MR) is 96.5 cm³/mol. The van der Waals surface area contributed by atoms with Crippen molar-refractivity contribution in [1.29, 1.82) is 0 Å². The molecule has 3 aliphatic rings. The summed E-state index contributed by atoms with van der Waals surface area (Å²) in [4.78, 5) is 51.7. The standard InChI is InChI=1S/C20H22N2O5/c1-10-9-22-15-5-4-13(11(2)23)6-14(15)8-20(18(22)12(3)27-10)16(24)7-17(25)21-19(20)26/h4-6,10,12,18H,7-9H2,1-3H3,(H,21,25,26)/t10-,12+,18-,20-/m1/s1. The highest BCUT2D eigenvalue weighted by Gasteiger charge is 2.62. The van der Waals surface area contributed by atoms with E-state index in [4.69, 9.17) is 4.74 Å². The maximum atomic E-state index is 13.1. The second kappa shape index (κ2) is 5.99. The van der Waals surface area contributed by atoms with Crippen molar-refractivity contribution in [3.8, 4) is 0 Å². The lowest BCUT2D eigenvalue weighted by Gasteiger charge is -2.55. The van der Waals surface area contributed by atoms with Gasteiger partial charge in [0.25, 0.3) is 0 Å². The van der Waals surface area contributed by atoms with Crippen molar-refractivity contribution in [2.75, 3.05) is 11.4 Å². The normalized spacial score (nSPS) is 32.8. The molecule has 7 nitrogen and oxygen atoms in total. The molecular weight excluding hydrogens is 348 g/mol. The van der Waals surface area contributed by atoms with Gasteiger partial charge in [0.05, 0.1) is 24.7 Å². The Morgan fingerprint density at radius 2 is 2.00 bits per heavy atom. The largest absolute Gasteiger partial charge is 0.372 e. The van der Waals surface area contributed by atoms with Crippen molar-refractivity contribution in [3.05, 3.63) is 29.3 Å². The van der Waals surface area contributed by atoms with Crippen LogP contribution in [0.2, 0.25) is 0 Å². The number of ether oxygens (including phenoxy) is 1. The van der Waals surface area contributed by atoms with Gasteiger partial charge in [-0.3, -0.25) is 24.5 Å². The van der Waals surface area contributed by atoms with Crippen LogP contribution in [0.15, 0.2) is 18.2 Å². The Bertz CT molecular complexity index is 857. The molecule has 0 saturated carbocycles. The minimum atomic E-state index is -1.39. The van der Waals surface area contributed by atoms with Gasteiger partial charge in [0.1, 0.15) is 5.41 Å². The zero-order chi connectivity index (χ0) is 19.5. The first-order valence-electron chi connectivity index (χ1n) is 9.17. The molecule has 1 spiro atoms. The number of fused-ring (bicyclic) bond motifs is 4. The fraction of sp³-hybridized carbons (Fsp3) is 0.500. The van der Waals surface area contributed by atoms with Crippen molar-refractivity contribution in [3.63, 3.8) is 0 Å². The molecular formula is C20H22N2O5. The number of rotatable bonds is 1. The molecule has 0 bridgehead atoms. The Labute approximate surface area is 157 Å². The Kier molecular flexibility index (Phi) is 3.96. The van der Waals surface area contributed by atoms with Crippen LogP contribution in [0.1, 0.15) is 43.1 Å². The molecule has 0 radical (unpaired) electrons. The third-order valence-electron chi connectivity index (χ3n) is 5.93. The number of benzene rings is 1. The van der Waals surface area contributed by atoms with Gasteiger partial charge in [-0.1, -0.05) is 0 Å². The Morgan fingerprint density at radius 1 is 1.26 bits per heavy atom. The topological polar surface area (TPSA) is 92.8 Å². The summed E-state index contributed by atoms with van der Waals surface area (Å²) in [5.74, 6) is -1.59. The fourth-order valence-corrected chi connectivity index (χ4v) is 4.86. The van der Waals surface area contributed by atoms with Gasteiger partial charge in [-0.2, -0.15) is 0 Å². The molecule has 2 fully saturated rings. The van der Waals surface area contributed by atoms with Crippen molar-refractivity contribution in [2.45, 2.75) is 51.9 Å². The van der Waals surface area contributed by atoms with Gasteiger partial charge in [-0.15, -0.1) is 0 Å². The third-order valence-corrected chi connectivity index (χ3v) is 5.93. The molecule has 0 aromatic heterocycles. The number of anilines is 1. The van der Waals surface area contributed by atoms with Crippen molar-refractivity contribution in [2.24, 2.45) is 5.41 Å². The van der Waals surface area contributed by atoms with Gasteiger partial charge in [-0.05, 0) is 51.0 Å². The van der Waals surface area contributed by atoms with Crippen LogP contribution in [0.5, 0.6) is 0 Å². The van der Waals surface area contributed by atoms with Gasteiger partial charge in [0, 0.05) is 17.8 Å². The number of nitrogens with one attached hydrogen (secondary N) is 1. The number of piperidine rings is 1. The van der Waals surface area contributed by atoms with Crippen molar-refractivity contribution in [1.82, 2.24) is 5.32 Å². The van der Waals surface area contributed by atoms with Crippen molar-refractivity contribution < 1.29 is 23.9 Å². The van der Waals surface area contributed by atoms with Crippen LogP contribution in [-0.2, 0) is 25.5 Å². The smallest absolute Gasteiger partial charge is 0.242 e. The molecule has 2 saturated heterocycles. The molecule has 4 atom stereocenters. The first-order valence-corrected chi connectivity index (χ1v) is 9.17. The maximum Gasteiger partial charge on any atom is 0.242 e. The number of hydrogen-bond acceptors (Lipinski definition) is 6.